The largest absolute Gasteiger partial charge is 0.396 e. The number of hydrogen-bond acceptors (Lipinski definition) is 8. The fraction of sp³-hybridized carbons (Fsp3) is 0.565. The van der Waals surface area contributed by atoms with Crippen molar-refractivity contribution in [3.63, 3.8) is 0 Å². The Bertz CT molecular complexity index is 1040. The van der Waals surface area contributed by atoms with Gasteiger partial charge in [-0.1, -0.05) is 6.92 Å². The van der Waals surface area contributed by atoms with E-state index in [1.807, 2.05) is 30.7 Å². The molecule has 0 bridgehead atoms. The van der Waals surface area contributed by atoms with Crippen LogP contribution in [0.25, 0.3) is 11.0 Å². The Kier molecular flexibility index (Phi) is 7.16. The molecule has 1 fully saturated rings. The van der Waals surface area contributed by atoms with Gasteiger partial charge < -0.3 is 20.1 Å². The Hall–Kier alpha value is -2.78. The number of fused-ring (bicyclic) bond motifs is 1. The van der Waals surface area contributed by atoms with Crippen LogP contribution in [-0.4, -0.2) is 62.7 Å². The summed E-state index contributed by atoms with van der Waals surface area (Å²) < 4.78 is 7.53. The maximum Gasteiger partial charge on any atom is 0.228 e. The second kappa shape index (κ2) is 10.2. The number of pyridine rings is 1. The molecule has 3 aromatic rings. The van der Waals surface area contributed by atoms with Crippen molar-refractivity contribution < 1.29 is 9.84 Å². The topological polar surface area (TPSA) is 101 Å². The number of aromatic nitrogens is 5. The molecule has 32 heavy (non-hydrogen) atoms. The highest BCUT2D eigenvalue weighted by Crippen LogP contribution is 2.30. The predicted molar refractivity (Wildman–Crippen MR) is 125 cm³/mol. The number of hydrogen-bond donors (Lipinski definition) is 2. The molecule has 1 saturated heterocycles. The van der Waals surface area contributed by atoms with Crippen LogP contribution >= 0.6 is 0 Å². The van der Waals surface area contributed by atoms with E-state index in [-0.39, 0.29) is 6.61 Å². The van der Waals surface area contributed by atoms with E-state index in [4.69, 9.17) is 19.8 Å². The van der Waals surface area contributed by atoms with Gasteiger partial charge in [-0.3, -0.25) is 4.68 Å². The average molecular weight is 440 g/mol. The highest BCUT2D eigenvalue weighted by Gasteiger charge is 2.24. The maximum absolute atomic E-state index is 9.49. The van der Waals surface area contributed by atoms with E-state index in [2.05, 4.69) is 22.1 Å². The van der Waals surface area contributed by atoms with Crippen LogP contribution in [0.5, 0.6) is 0 Å². The van der Waals surface area contributed by atoms with Crippen molar-refractivity contribution in [1.82, 2.24) is 24.7 Å². The van der Waals surface area contributed by atoms with Crippen LogP contribution in [0.15, 0.2) is 18.3 Å². The standard InChI is InChI=1S/C23H33N7O2/c1-4-18-20-21(30(28-18)12-13-32-5-2)22(25-19-14-16(3)6-9-24-19)27-23(26-20)29-10-7-17(15-31)8-11-29/h6,9,14,17,31H,4-5,7-8,10-13,15H2,1-3H3,(H,24,25,26,27). The van der Waals surface area contributed by atoms with Gasteiger partial charge >= 0.3 is 0 Å². The number of rotatable bonds is 9. The number of aliphatic hydroxyl groups is 1. The second-order valence-electron chi connectivity index (χ2n) is 8.25. The minimum Gasteiger partial charge on any atom is -0.396 e. The lowest BCUT2D eigenvalue weighted by atomic mass is 9.98. The van der Waals surface area contributed by atoms with Crippen LogP contribution in [0.2, 0.25) is 0 Å². The Morgan fingerprint density at radius 3 is 2.72 bits per heavy atom. The minimum atomic E-state index is 0.242. The molecule has 1 aliphatic heterocycles. The summed E-state index contributed by atoms with van der Waals surface area (Å²) in [6.45, 7) is 9.91. The van der Waals surface area contributed by atoms with Gasteiger partial charge in [-0.15, -0.1) is 0 Å². The Morgan fingerprint density at radius 1 is 1.22 bits per heavy atom. The van der Waals surface area contributed by atoms with Gasteiger partial charge in [0.05, 0.1) is 18.8 Å². The number of ether oxygens (including phenoxy) is 1. The van der Waals surface area contributed by atoms with Gasteiger partial charge in [0, 0.05) is 32.5 Å². The third kappa shape index (κ3) is 4.83. The van der Waals surface area contributed by atoms with Crippen LogP contribution in [0.3, 0.4) is 0 Å². The molecule has 0 unspecified atom stereocenters. The summed E-state index contributed by atoms with van der Waals surface area (Å²) in [5.41, 5.74) is 3.82. The van der Waals surface area contributed by atoms with Crippen molar-refractivity contribution in [2.45, 2.75) is 46.6 Å². The third-order valence-corrected chi connectivity index (χ3v) is 5.95. The van der Waals surface area contributed by atoms with Gasteiger partial charge in [0.15, 0.2) is 5.82 Å². The van der Waals surface area contributed by atoms with E-state index in [9.17, 15) is 5.11 Å². The highest BCUT2D eigenvalue weighted by molar-refractivity contribution is 5.90. The van der Waals surface area contributed by atoms with Gasteiger partial charge in [0.25, 0.3) is 0 Å². The molecule has 1 aliphatic rings. The van der Waals surface area contributed by atoms with Gasteiger partial charge in [-0.25, -0.2) is 9.97 Å². The Balaban J connectivity index is 1.77. The first-order valence-electron chi connectivity index (χ1n) is 11.5. The number of anilines is 3. The molecule has 0 aromatic carbocycles. The lowest BCUT2D eigenvalue weighted by Crippen LogP contribution is -2.36. The minimum absolute atomic E-state index is 0.242. The van der Waals surface area contributed by atoms with E-state index in [1.54, 1.807) is 6.20 Å². The average Bonchev–Trinajstić information content (AvgIpc) is 3.17. The Labute approximate surface area is 188 Å². The molecule has 0 amide bonds. The molecule has 0 radical (unpaired) electrons. The summed E-state index contributed by atoms with van der Waals surface area (Å²) in [5.74, 6) is 2.50. The molecular formula is C23H33N7O2. The van der Waals surface area contributed by atoms with Crippen LogP contribution in [0, 0.1) is 12.8 Å². The second-order valence-corrected chi connectivity index (χ2v) is 8.25. The van der Waals surface area contributed by atoms with E-state index in [0.29, 0.717) is 37.4 Å². The van der Waals surface area contributed by atoms with E-state index >= 15 is 0 Å². The van der Waals surface area contributed by atoms with E-state index in [1.165, 1.54) is 0 Å². The fourth-order valence-corrected chi connectivity index (χ4v) is 4.10. The normalized spacial score (nSPS) is 14.9. The molecule has 9 nitrogen and oxygen atoms in total. The molecule has 4 rings (SSSR count). The quantitative estimate of drug-likeness (QED) is 0.491. The van der Waals surface area contributed by atoms with Crippen molar-refractivity contribution in [2.75, 3.05) is 43.1 Å². The zero-order valence-corrected chi connectivity index (χ0v) is 19.2. The van der Waals surface area contributed by atoms with E-state index < -0.39 is 0 Å². The Morgan fingerprint density at radius 2 is 2.03 bits per heavy atom. The molecule has 0 atom stereocenters. The van der Waals surface area contributed by atoms with Crippen LogP contribution in [-0.2, 0) is 17.7 Å². The number of aryl methyl sites for hydroxylation is 2. The molecular weight excluding hydrogens is 406 g/mol. The lowest BCUT2D eigenvalue weighted by Gasteiger charge is -2.31. The SMILES string of the molecule is CCOCCn1nc(CC)c2nc(N3CCC(CO)CC3)nc(Nc3cc(C)ccn3)c21. The van der Waals surface area contributed by atoms with Crippen molar-refractivity contribution in [3.8, 4) is 0 Å². The first kappa shape index (κ1) is 22.4. The van der Waals surface area contributed by atoms with Crippen molar-refractivity contribution in [1.29, 1.82) is 0 Å². The smallest absolute Gasteiger partial charge is 0.228 e. The first-order valence-corrected chi connectivity index (χ1v) is 11.5. The molecule has 9 heteroatoms. The van der Waals surface area contributed by atoms with Crippen LogP contribution in [0.1, 0.15) is 37.9 Å². The third-order valence-electron chi connectivity index (χ3n) is 5.95. The number of piperidine rings is 1. The molecule has 4 heterocycles. The summed E-state index contributed by atoms with van der Waals surface area (Å²) in [7, 11) is 0. The molecule has 0 spiro atoms. The molecule has 0 saturated carbocycles. The highest BCUT2D eigenvalue weighted by atomic mass is 16.5. The predicted octanol–water partition coefficient (Wildman–Crippen LogP) is 3.08. The zero-order valence-electron chi connectivity index (χ0n) is 19.2. The van der Waals surface area contributed by atoms with Crippen molar-refractivity contribution in [2.24, 2.45) is 5.92 Å². The summed E-state index contributed by atoms with van der Waals surface area (Å²) >= 11 is 0. The summed E-state index contributed by atoms with van der Waals surface area (Å²) in [6, 6.07) is 3.97. The molecule has 3 aromatic heterocycles. The molecule has 0 aliphatic carbocycles. The number of aliphatic hydroxyl groups excluding tert-OH is 1. The van der Waals surface area contributed by atoms with Gasteiger partial charge in [0.1, 0.15) is 16.9 Å². The van der Waals surface area contributed by atoms with Gasteiger partial charge in [-0.05, 0) is 56.7 Å². The summed E-state index contributed by atoms with van der Waals surface area (Å²) in [6.07, 6.45) is 4.45. The molecule has 172 valence electrons. The lowest BCUT2D eigenvalue weighted by molar-refractivity contribution is 0.137. The number of nitrogens with zero attached hydrogens (tertiary/aromatic N) is 6. The van der Waals surface area contributed by atoms with Crippen LogP contribution in [0.4, 0.5) is 17.6 Å². The van der Waals surface area contributed by atoms with E-state index in [0.717, 1.165) is 60.5 Å². The maximum atomic E-state index is 9.49. The van der Waals surface area contributed by atoms with Crippen molar-refractivity contribution >= 4 is 28.6 Å². The summed E-state index contributed by atoms with van der Waals surface area (Å²) in [5, 5.41) is 17.7. The zero-order chi connectivity index (χ0) is 22.5. The van der Waals surface area contributed by atoms with Crippen LogP contribution < -0.4 is 10.2 Å². The van der Waals surface area contributed by atoms with Crippen molar-refractivity contribution in [3.05, 3.63) is 29.6 Å². The summed E-state index contributed by atoms with van der Waals surface area (Å²) in [4.78, 5) is 16.6. The molecule has 2 N–H and O–H groups in total. The first-order chi connectivity index (χ1) is 15.6. The number of nitrogens with one attached hydrogen (secondary N) is 1. The van der Waals surface area contributed by atoms with Gasteiger partial charge in [0.2, 0.25) is 5.95 Å². The fourth-order valence-electron chi connectivity index (χ4n) is 4.10. The monoisotopic (exact) mass is 439 g/mol. The van der Waals surface area contributed by atoms with Gasteiger partial charge in [-0.2, -0.15) is 10.1 Å².